The number of halogens is 2. The van der Waals surface area contributed by atoms with Crippen molar-refractivity contribution in [2.75, 3.05) is 11.1 Å². The standard InChI is InChI=1S/C30H29ClFN7O.C2H6/c1-5-19(6-2)15-22(7-3)39-29(38-25-10-8-9-24(31)26(25)30(39)40)18(4)37-28-23(27(33)35-17-36-28)14-13-21-12-11-20(32)16-34-21;1-2/h5,8-12,15-18H,6-7H2,1-4H3,(H3,33,35,36,37);1-2H3/b19-5-,22-15+;. The zero-order valence-electron chi connectivity index (χ0n) is 24.7. The van der Waals surface area contributed by atoms with Crippen molar-refractivity contribution in [1.82, 2.24) is 24.5 Å². The van der Waals surface area contributed by atoms with E-state index in [0.717, 1.165) is 23.9 Å². The molecule has 1 aromatic carbocycles. The molecule has 0 bridgehead atoms. The molecule has 0 spiro atoms. The number of anilines is 2. The van der Waals surface area contributed by atoms with E-state index in [-0.39, 0.29) is 11.4 Å². The summed E-state index contributed by atoms with van der Waals surface area (Å²) in [4.78, 5) is 31.2. The van der Waals surface area contributed by atoms with Crippen LogP contribution >= 0.6 is 11.6 Å². The van der Waals surface area contributed by atoms with E-state index in [0.29, 0.717) is 45.2 Å². The summed E-state index contributed by atoms with van der Waals surface area (Å²) in [6.07, 6.45) is 7.83. The molecule has 0 aliphatic carbocycles. The van der Waals surface area contributed by atoms with Crippen LogP contribution in [-0.2, 0) is 0 Å². The van der Waals surface area contributed by atoms with Crippen LogP contribution in [0.15, 0.2) is 65.4 Å². The predicted octanol–water partition coefficient (Wildman–Crippen LogP) is 7.16. The third-order valence-corrected chi connectivity index (χ3v) is 6.63. The van der Waals surface area contributed by atoms with E-state index in [4.69, 9.17) is 22.3 Å². The minimum atomic E-state index is -0.513. The van der Waals surface area contributed by atoms with Gasteiger partial charge in [0, 0.05) is 5.70 Å². The number of fused-ring (bicyclic) bond motifs is 1. The van der Waals surface area contributed by atoms with Crippen LogP contribution in [0, 0.1) is 17.7 Å². The lowest BCUT2D eigenvalue weighted by Gasteiger charge is -2.22. The van der Waals surface area contributed by atoms with Gasteiger partial charge >= 0.3 is 0 Å². The number of nitrogens with zero attached hydrogens (tertiary/aromatic N) is 5. The number of nitrogen functional groups attached to an aromatic ring is 1. The molecule has 4 rings (SSSR count). The number of pyridine rings is 1. The topological polar surface area (TPSA) is 112 Å². The van der Waals surface area contributed by atoms with Gasteiger partial charge in [-0.15, -0.1) is 0 Å². The summed E-state index contributed by atoms with van der Waals surface area (Å²) in [6, 6.07) is 7.43. The molecule has 0 radical (unpaired) electrons. The van der Waals surface area contributed by atoms with Gasteiger partial charge in [-0.3, -0.25) is 9.36 Å². The van der Waals surface area contributed by atoms with Crippen LogP contribution in [0.3, 0.4) is 0 Å². The summed E-state index contributed by atoms with van der Waals surface area (Å²) < 4.78 is 14.9. The first-order chi connectivity index (χ1) is 20.3. The van der Waals surface area contributed by atoms with Gasteiger partial charge in [0.25, 0.3) is 5.56 Å². The molecule has 0 aliphatic heterocycles. The maximum absolute atomic E-state index is 13.9. The molecule has 10 heteroatoms. The lowest BCUT2D eigenvalue weighted by atomic mass is 10.1. The summed E-state index contributed by atoms with van der Waals surface area (Å²) in [5, 5.41) is 4.00. The van der Waals surface area contributed by atoms with Crippen molar-refractivity contribution in [2.45, 2.75) is 60.4 Å². The van der Waals surface area contributed by atoms with Gasteiger partial charge in [-0.25, -0.2) is 24.3 Å². The maximum atomic E-state index is 13.9. The quantitative estimate of drug-likeness (QED) is 0.174. The number of hydrogen-bond acceptors (Lipinski definition) is 7. The Morgan fingerprint density at radius 2 is 1.90 bits per heavy atom. The number of aromatic nitrogens is 5. The largest absolute Gasteiger partial charge is 0.382 e. The predicted molar refractivity (Wildman–Crippen MR) is 170 cm³/mol. The molecule has 3 N–H and O–H groups in total. The first-order valence-electron chi connectivity index (χ1n) is 13.8. The average Bonchev–Trinajstić information content (AvgIpc) is 2.99. The summed E-state index contributed by atoms with van der Waals surface area (Å²) in [5.74, 6) is 6.33. The van der Waals surface area contributed by atoms with Gasteiger partial charge < -0.3 is 11.1 Å². The molecular formula is C32H35ClFN7O. The Bertz CT molecular complexity index is 1730. The minimum Gasteiger partial charge on any atom is -0.382 e. The fourth-order valence-electron chi connectivity index (χ4n) is 4.18. The second-order valence-corrected chi connectivity index (χ2v) is 9.32. The zero-order chi connectivity index (χ0) is 30.8. The molecule has 0 saturated carbocycles. The Labute approximate surface area is 250 Å². The fraction of sp³-hybridized carbons (Fsp3) is 0.281. The summed E-state index contributed by atoms with van der Waals surface area (Å²) in [6.45, 7) is 11.9. The van der Waals surface area contributed by atoms with Gasteiger partial charge in [0.1, 0.15) is 40.9 Å². The first-order valence-corrected chi connectivity index (χ1v) is 14.2. The first kappa shape index (κ1) is 32.0. The highest BCUT2D eigenvalue weighted by Gasteiger charge is 2.21. The number of allylic oxidation sites excluding steroid dienone is 4. The summed E-state index contributed by atoms with van der Waals surface area (Å²) in [5.41, 5.74) is 8.94. The smallest absolute Gasteiger partial charge is 0.267 e. The molecule has 3 aromatic heterocycles. The van der Waals surface area contributed by atoms with Crippen molar-refractivity contribution in [3.63, 3.8) is 0 Å². The lowest BCUT2D eigenvalue weighted by Crippen LogP contribution is -2.28. The van der Waals surface area contributed by atoms with Gasteiger partial charge in [-0.05, 0) is 63.0 Å². The Balaban J connectivity index is 0.00000237. The van der Waals surface area contributed by atoms with Gasteiger partial charge in [0.15, 0.2) is 0 Å². The Hall–Kier alpha value is -4.55. The average molecular weight is 588 g/mol. The van der Waals surface area contributed by atoms with Crippen molar-refractivity contribution in [3.8, 4) is 11.8 Å². The number of rotatable bonds is 7. The summed E-state index contributed by atoms with van der Waals surface area (Å²) in [7, 11) is 0. The molecule has 0 fully saturated rings. The molecule has 3 heterocycles. The van der Waals surface area contributed by atoms with Gasteiger partial charge in [0.05, 0.1) is 28.2 Å². The van der Waals surface area contributed by atoms with Gasteiger partial charge in [0.2, 0.25) is 0 Å². The number of benzene rings is 1. The van der Waals surface area contributed by atoms with Crippen LogP contribution in [0.1, 0.15) is 77.5 Å². The Kier molecular flexibility index (Phi) is 11.3. The minimum absolute atomic E-state index is 0.157. The highest BCUT2D eigenvalue weighted by Crippen LogP contribution is 2.27. The SMILES string of the molecule is C/C=C(\C=C(/CC)n1c(C(C)Nc2ncnc(N)c2C#Cc2ccc(F)cn2)nc2cccc(Cl)c2c1=O)CC.CC. The number of nitrogens with one attached hydrogen (secondary N) is 1. The highest BCUT2D eigenvalue weighted by atomic mass is 35.5. The van der Waals surface area contributed by atoms with E-state index in [1.807, 2.05) is 46.8 Å². The molecular weight excluding hydrogens is 553 g/mol. The third-order valence-electron chi connectivity index (χ3n) is 6.31. The van der Waals surface area contributed by atoms with E-state index >= 15 is 0 Å². The molecule has 0 aliphatic rings. The van der Waals surface area contributed by atoms with Crippen LogP contribution < -0.4 is 16.6 Å². The van der Waals surface area contributed by atoms with Gasteiger partial charge in [-0.2, -0.15) is 0 Å². The van der Waals surface area contributed by atoms with Crippen molar-refractivity contribution in [1.29, 1.82) is 0 Å². The zero-order valence-corrected chi connectivity index (χ0v) is 25.4. The second kappa shape index (κ2) is 14.9. The molecule has 42 heavy (non-hydrogen) atoms. The van der Waals surface area contributed by atoms with E-state index in [1.54, 1.807) is 22.8 Å². The van der Waals surface area contributed by atoms with Gasteiger partial charge in [-0.1, -0.05) is 62.9 Å². The van der Waals surface area contributed by atoms with Crippen LogP contribution in [0.2, 0.25) is 5.02 Å². The monoisotopic (exact) mass is 587 g/mol. The molecule has 0 amide bonds. The van der Waals surface area contributed by atoms with E-state index in [9.17, 15) is 9.18 Å². The van der Waals surface area contributed by atoms with Crippen molar-refractivity contribution in [2.24, 2.45) is 0 Å². The molecule has 218 valence electrons. The third kappa shape index (κ3) is 7.20. The maximum Gasteiger partial charge on any atom is 0.267 e. The molecule has 0 saturated heterocycles. The second-order valence-electron chi connectivity index (χ2n) is 8.91. The Morgan fingerprint density at radius 3 is 2.55 bits per heavy atom. The van der Waals surface area contributed by atoms with E-state index < -0.39 is 11.9 Å². The number of nitrogens with two attached hydrogens (primary N) is 1. The fourth-order valence-corrected chi connectivity index (χ4v) is 4.43. The molecule has 1 unspecified atom stereocenters. The lowest BCUT2D eigenvalue weighted by molar-refractivity contribution is 0.621. The Morgan fingerprint density at radius 1 is 1.14 bits per heavy atom. The summed E-state index contributed by atoms with van der Waals surface area (Å²) >= 11 is 6.46. The van der Waals surface area contributed by atoms with Crippen molar-refractivity contribution < 1.29 is 4.39 Å². The van der Waals surface area contributed by atoms with Crippen LogP contribution in [0.25, 0.3) is 16.6 Å². The van der Waals surface area contributed by atoms with Crippen LogP contribution in [0.5, 0.6) is 0 Å². The molecule has 4 aromatic rings. The van der Waals surface area contributed by atoms with Crippen molar-refractivity contribution >= 4 is 39.8 Å². The van der Waals surface area contributed by atoms with E-state index in [2.05, 4.69) is 39.0 Å². The normalized spacial score (nSPS) is 12.2. The molecule has 1 atom stereocenters. The number of hydrogen-bond donors (Lipinski definition) is 2. The van der Waals surface area contributed by atoms with Crippen LogP contribution in [0.4, 0.5) is 16.0 Å². The molecule has 8 nitrogen and oxygen atoms in total. The highest BCUT2D eigenvalue weighted by molar-refractivity contribution is 6.35. The van der Waals surface area contributed by atoms with Crippen LogP contribution in [-0.4, -0.2) is 24.5 Å². The van der Waals surface area contributed by atoms with Crippen molar-refractivity contribution in [3.05, 3.63) is 98.9 Å². The van der Waals surface area contributed by atoms with E-state index in [1.165, 1.54) is 18.5 Å².